The first-order valence-electron chi connectivity index (χ1n) is 23.7. The minimum Gasteiger partial charge on any atom is -0.403 e. The zero-order valence-corrected chi connectivity index (χ0v) is 39.8. The number of rotatable bonds is 11. The van der Waals surface area contributed by atoms with E-state index in [1.54, 1.807) is 12.4 Å². The van der Waals surface area contributed by atoms with E-state index in [4.69, 9.17) is 21.4 Å². The van der Waals surface area contributed by atoms with Crippen molar-refractivity contribution in [2.24, 2.45) is 28.5 Å². The number of nitrogens with two attached hydrogens (primary N) is 2. The highest BCUT2D eigenvalue weighted by Crippen LogP contribution is 2.45. The van der Waals surface area contributed by atoms with Gasteiger partial charge < -0.3 is 26.6 Å². The van der Waals surface area contributed by atoms with Crippen LogP contribution < -0.4 is 21.7 Å². The summed E-state index contributed by atoms with van der Waals surface area (Å²) in [7, 11) is 0. The quantitative estimate of drug-likeness (QED) is 0.0894. The van der Waals surface area contributed by atoms with Crippen molar-refractivity contribution in [3.63, 3.8) is 0 Å². The average molecular weight is 884 g/mol. The van der Waals surface area contributed by atoms with Crippen LogP contribution >= 0.6 is 0 Å². The first kappa shape index (κ1) is 45.9. The van der Waals surface area contributed by atoms with Crippen molar-refractivity contribution in [2.45, 2.75) is 105 Å². The summed E-state index contributed by atoms with van der Waals surface area (Å²) in [6, 6.07) is 20.3. The standard InChI is InChI=1S/C29H35N5.C27H31FN4/c1-6-9-21-17-34(23(7-2)8-3)19(5)25-16-20(10-11-24(21)25)26-27-28(30)31-12-13-33(27)29(32-26)22-14-18(4)15-22;1-18-16-21(17-18)26(30-14-13-29)31-27(3,4)23-11-10-20-12-15-32(19(2)24(20)25(23)28)22-8-6-5-7-9-22/h7,10-13,16-18,22H,5-6,8-9,14-15H2,1-4H3,(H2,30,31);5-15,18,21H,2,16-17,29H2,1,3-4H3,(H,30,31)/b23-7+;14-13-. The van der Waals surface area contributed by atoms with Gasteiger partial charge >= 0.3 is 0 Å². The van der Waals surface area contributed by atoms with Crippen LogP contribution in [0.4, 0.5) is 15.9 Å². The number of anilines is 2. The fourth-order valence-electron chi connectivity index (χ4n) is 10.1. The topological polar surface area (TPSA) is 113 Å². The molecule has 66 heavy (non-hydrogen) atoms. The summed E-state index contributed by atoms with van der Waals surface area (Å²) >= 11 is 0. The van der Waals surface area contributed by atoms with Crippen molar-refractivity contribution in [1.82, 2.24) is 24.6 Å². The van der Waals surface area contributed by atoms with Crippen LogP contribution in [0.1, 0.15) is 133 Å². The average Bonchev–Trinajstić information content (AvgIpc) is 3.68. The van der Waals surface area contributed by atoms with Crippen molar-refractivity contribution >= 4 is 45.9 Å². The Morgan fingerprint density at radius 3 is 2.39 bits per heavy atom. The predicted octanol–water partition coefficient (Wildman–Crippen LogP) is 13.2. The van der Waals surface area contributed by atoms with E-state index in [1.165, 1.54) is 41.4 Å². The Morgan fingerprint density at radius 2 is 1.73 bits per heavy atom. The lowest BCUT2D eigenvalue weighted by molar-refractivity contribution is 0.275. The summed E-state index contributed by atoms with van der Waals surface area (Å²) in [4.78, 5) is 18.7. The molecular weight excluding hydrogens is 818 g/mol. The van der Waals surface area contributed by atoms with Crippen LogP contribution in [0.25, 0.3) is 39.8 Å². The molecule has 0 radical (unpaired) electrons. The number of amidine groups is 1. The smallest absolute Gasteiger partial charge is 0.150 e. The maximum absolute atomic E-state index is 16.0. The molecule has 0 unspecified atom stereocenters. The van der Waals surface area contributed by atoms with E-state index in [9.17, 15) is 0 Å². The third-order valence-electron chi connectivity index (χ3n) is 13.7. The SMILES string of the molecule is C=C1c2c(ccc(C(C)(C)N=C(N/C=C\N)C3CC(C)C3)c2F)C=CN1c1ccccc1.C=C1c2cc(-c3nc(C4CC(C)C4)n4ccnc(N)c34)ccc2C(CCC)=CN1/C(=C/C)CC. The van der Waals surface area contributed by atoms with E-state index in [-0.39, 0.29) is 5.82 Å². The molecular formula is C56H66FN9. The van der Waals surface area contributed by atoms with E-state index in [2.05, 4.69) is 97.9 Å². The summed E-state index contributed by atoms with van der Waals surface area (Å²) in [6.07, 6.45) is 22.8. The number of aromatic nitrogens is 3. The lowest BCUT2D eigenvalue weighted by Crippen LogP contribution is -2.38. The number of halogens is 1. The Balaban J connectivity index is 0.000000180. The number of nitrogen functional groups attached to an aromatic ring is 1. The van der Waals surface area contributed by atoms with Gasteiger partial charge in [-0.3, -0.25) is 9.39 Å². The van der Waals surface area contributed by atoms with Crippen molar-refractivity contribution in [3.05, 3.63) is 162 Å². The van der Waals surface area contributed by atoms with Crippen molar-refractivity contribution in [2.75, 3.05) is 10.6 Å². The van der Waals surface area contributed by atoms with Gasteiger partial charge in [-0.25, -0.2) is 14.4 Å². The predicted molar refractivity (Wildman–Crippen MR) is 274 cm³/mol. The number of para-hydroxylation sites is 1. The Morgan fingerprint density at radius 1 is 0.985 bits per heavy atom. The Labute approximate surface area is 390 Å². The lowest BCUT2D eigenvalue weighted by atomic mass is 9.75. The van der Waals surface area contributed by atoms with Crippen molar-refractivity contribution in [1.29, 1.82) is 0 Å². The number of fused-ring (bicyclic) bond motifs is 3. The Hall–Kier alpha value is -6.68. The van der Waals surface area contributed by atoms with Gasteiger partial charge in [0.15, 0.2) is 0 Å². The summed E-state index contributed by atoms with van der Waals surface area (Å²) in [5, 5.41) is 3.22. The van der Waals surface area contributed by atoms with Gasteiger partial charge in [-0.1, -0.05) is 95.8 Å². The highest BCUT2D eigenvalue weighted by Gasteiger charge is 2.35. The second kappa shape index (κ2) is 19.0. The summed E-state index contributed by atoms with van der Waals surface area (Å²) < 4.78 is 18.2. The van der Waals surface area contributed by atoms with Crippen LogP contribution in [0.5, 0.6) is 0 Å². The number of nitrogens with zero attached hydrogens (tertiary/aromatic N) is 6. The molecule has 2 aliphatic carbocycles. The molecule has 2 aliphatic heterocycles. The molecule has 2 fully saturated rings. The monoisotopic (exact) mass is 884 g/mol. The zero-order valence-electron chi connectivity index (χ0n) is 39.8. The maximum Gasteiger partial charge on any atom is 0.150 e. The van der Waals surface area contributed by atoms with Gasteiger partial charge in [0.2, 0.25) is 0 Å². The molecule has 2 aromatic heterocycles. The molecule has 0 amide bonds. The van der Waals surface area contributed by atoms with E-state index >= 15 is 4.39 Å². The van der Waals surface area contributed by atoms with Crippen LogP contribution in [0.2, 0.25) is 0 Å². The van der Waals surface area contributed by atoms with E-state index in [1.807, 2.05) is 79.7 Å². The first-order valence-corrected chi connectivity index (χ1v) is 23.7. The van der Waals surface area contributed by atoms with Gasteiger partial charge in [0, 0.05) is 94.1 Å². The third-order valence-corrected chi connectivity index (χ3v) is 13.7. The molecule has 10 heteroatoms. The van der Waals surface area contributed by atoms with Crippen molar-refractivity contribution < 1.29 is 4.39 Å². The number of hydrogen-bond acceptors (Lipinski definition) is 7. The normalized spacial score (nSPS) is 20.6. The first-order chi connectivity index (χ1) is 31.8. The Kier molecular flexibility index (Phi) is 13.2. The molecule has 5 aromatic rings. The molecule has 342 valence electrons. The van der Waals surface area contributed by atoms with Gasteiger partial charge in [0.25, 0.3) is 0 Å². The van der Waals surface area contributed by atoms with Crippen LogP contribution in [0, 0.1) is 23.6 Å². The van der Waals surface area contributed by atoms with Crippen LogP contribution in [-0.4, -0.2) is 25.1 Å². The number of allylic oxidation sites excluding steroid dienone is 3. The largest absolute Gasteiger partial charge is 0.403 e. The van der Waals surface area contributed by atoms with Gasteiger partial charge in [-0.15, -0.1) is 0 Å². The van der Waals surface area contributed by atoms with Crippen LogP contribution in [0.15, 0.2) is 128 Å². The molecule has 2 saturated carbocycles. The van der Waals surface area contributed by atoms with Crippen LogP contribution in [0.3, 0.4) is 0 Å². The highest BCUT2D eigenvalue weighted by molar-refractivity contribution is 5.92. The molecule has 4 aliphatic rings. The number of imidazole rings is 1. The third kappa shape index (κ3) is 8.73. The maximum atomic E-state index is 16.0. The van der Waals surface area contributed by atoms with E-state index in [0.717, 1.165) is 83.4 Å². The van der Waals surface area contributed by atoms with Gasteiger partial charge in [0.1, 0.15) is 34.5 Å². The zero-order chi connectivity index (χ0) is 46.9. The summed E-state index contributed by atoms with van der Waals surface area (Å²) in [5.41, 5.74) is 23.6. The summed E-state index contributed by atoms with van der Waals surface area (Å²) in [6.45, 7) is 23.7. The molecule has 9 nitrogen and oxygen atoms in total. The van der Waals surface area contributed by atoms with Crippen molar-refractivity contribution in [3.8, 4) is 11.3 Å². The van der Waals surface area contributed by atoms with Gasteiger partial charge in [0.05, 0.1) is 5.54 Å². The number of aliphatic imine (C=N–C) groups is 1. The molecule has 0 bridgehead atoms. The van der Waals surface area contributed by atoms with Gasteiger partial charge in [-0.2, -0.15) is 0 Å². The molecule has 3 aromatic carbocycles. The second-order valence-corrected chi connectivity index (χ2v) is 18.9. The molecule has 9 rings (SSSR count). The molecule has 0 saturated heterocycles. The minimum absolute atomic E-state index is 0.276. The number of benzene rings is 3. The molecule has 0 atom stereocenters. The molecule has 0 spiro atoms. The molecule has 5 N–H and O–H groups in total. The van der Waals surface area contributed by atoms with E-state index < -0.39 is 5.54 Å². The van der Waals surface area contributed by atoms with E-state index in [0.29, 0.717) is 40.4 Å². The highest BCUT2D eigenvalue weighted by atomic mass is 19.1. The minimum atomic E-state index is -0.762. The Bertz CT molecular complexity index is 2790. The van der Waals surface area contributed by atoms with Gasteiger partial charge in [-0.05, 0) is 112 Å². The fraction of sp³-hybridized carbons (Fsp3) is 0.339. The molecule has 4 heterocycles. The number of hydrogen-bond donors (Lipinski definition) is 3. The second-order valence-electron chi connectivity index (χ2n) is 18.9. The lowest BCUT2D eigenvalue weighted by Gasteiger charge is -2.35. The number of nitrogens with one attached hydrogen (secondary N) is 1. The summed E-state index contributed by atoms with van der Waals surface area (Å²) in [5.74, 6) is 4.45. The fourth-order valence-corrected chi connectivity index (χ4v) is 10.1. The van der Waals surface area contributed by atoms with Crippen LogP contribution in [-0.2, 0) is 5.54 Å².